The summed E-state index contributed by atoms with van der Waals surface area (Å²) in [6.07, 6.45) is 1.58. The number of nitrogens with two attached hydrogens (primary N) is 1. The van der Waals surface area contributed by atoms with E-state index in [4.69, 9.17) is 15.0 Å². The number of nitrogens with zero attached hydrogens (tertiary/aromatic N) is 1. The minimum absolute atomic E-state index is 0.196. The van der Waals surface area contributed by atoms with E-state index < -0.39 is 18.3 Å². The molecule has 0 atom stereocenters. The Kier molecular flexibility index (Phi) is 3.99. The summed E-state index contributed by atoms with van der Waals surface area (Å²) < 4.78 is 11.9. The predicted molar refractivity (Wildman–Crippen MR) is 82.4 cm³/mol. The molecule has 0 aromatic carbocycles. The van der Waals surface area contributed by atoms with E-state index in [-0.39, 0.29) is 11.7 Å². The van der Waals surface area contributed by atoms with Gasteiger partial charge in [0, 0.05) is 18.2 Å². The van der Waals surface area contributed by atoms with Crippen LogP contribution in [0.5, 0.6) is 0 Å². The number of hydrogen-bond acceptors (Lipinski definition) is 5. The summed E-state index contributed by atoms with van der Waals surface area (Å²) in [5.74, 6) is -0.0536. The molecule has 2 rings (SSSR count). The van der Waals surface area contributed by atoms with Crippen molar-refractivity contribution in [3.05, 3.63) is 17.8 Å². The Bertz CT molecular complexity index is 544. The second-order valence-corrected chi connectivity index (χ2v) is 6.15. The first-order chi connectivity index (χ1) is 9.68. The molecular formula is C14H22BN3O3. The van der Waals surface area contributed by atoms with Gasteiger partial charge in [0.2, 0.25) is 0 Å². The normalized spacial score (nSPS) is 19.6. The molecule has 1 aliphatic rings. The number of carbonyl (C=O) groups is 1. The Morgan fingerprint density at radius 3 is 2.43 bits per heavy atom. The quantitative estimate of drug-likeness (QED) is 0.801. The third kappa shape index (κ3) is 2.89. The number of amides is 1. The molecule has 0 saturated carbocycles. The maximum Gasteiger partial charge on any atom is 0.496 e. The molecule has 1 aromatic rings. The van der Waals surface area contributed by atoms with Crippen LogP contribution in [0.4, 0.5) is 5.82 Å². The molecule has 2 heterocycles. The molecule has 0 bridgehead atoms. The molecular weight excluding hydrogens is 269 g/mol. The summed E-state index contributed by atoms with van der Waals surface area (Å²) in [4.78, 5) is 16.1. The number of pyridine rings is 1. The lowest BCUT2D eigenvalue weighted by Crippen LogP contribution is -2.41. The van der Waals surface area contributed by atoms with E-state index in [0.29, 0.717) is 17.6 Å². The predicted octanol–water partition coefficient (Wildman–Crippen LogP) is 0.713. The van der Waals surface area contributed by atoms with Crippen LogP contribution in [0.25, 0.3) is 0 Å². The third-order valence-electron chi connectivity index (χ3n) is 4.05. The van der Waals surface area contributed by atoms with Crippen molar-refractivity contribution in [3.8, 4) is 0 Å². The van der Waals surface area contributed by atoms with Crippen molar-refractivity contribution in [2.45, 2.75) is 45.8 Å². The largest absolute Gasteiger partial charge is 0.496 e. The van der Waals surface area contributed by atoms with Gasteiger partial charge in [0.1, 0.15) is 5.82 Å². The highest BCUT2D eigenvalue weighted by atomic mass is 16.7. The van der Waals surface area contributed by atoms with Crippen LogP contribution in [0.3, 0.4) is 0 Å². The van der Waals surface area contributed by atoms with E-state index in [9.17, 15) is 4.79 Å². The molecule has 7 heteroatoms. The van der Waals surface area contributed by atoms with Gasteiger partial charge in [-0.1, -0.05) is 0 Å². The number of anilines is 1. The lowest BCUT2D eigenvalue weighted by Gasteiger charge is -2.32. The van der Waals surface area contributed by atoms with Crippen LogP contribution in [-0.2, 0) is 9.31 Å². The highest BCUT2D eigenvalue weighted by Gasteiger charge is 2.51. The second-order valence-electron chi connectivity index (χ2n) is 6.15. The van der Waals surface area contributed by atoms with Gasteiger partial charge < -0.3 is 20.4 Å². The van der Waals surface area contributed by atoms with Gasteiger partial charge in [-0.15, -0.1) is 0 Å². The molecule has 1 fully saturated rings. The molecule has 1 amide bonds. The first-order valence-electron chi connectivity index (χ1n) is 7.07. The molecule has 3 N–H and O–H groups in total. The van der Waals surface area contributed by atoms with E-state index in [1.54, 1.807) is 12.3 Å². The second kappa shape index (κ2) is 5.31. The first kappa shape index (κ1) is 15.8. The Hall–Kier alpha value is -1.60. The van der Waals surface area contributed by atoms with Gasteiger partial charge in [0.25, 0.3) is 5.91 Å². The van der Waals surface area contributed by atoms with Crippen molar-refractivity contribution in [1.82, 2.24) is 10.3 Å². The van der Waals surface area contributed by atoms with Gasteiger partial charge in [-0.2, -0.15) is 0 Å². The first-order valence-corrected chi connectivity index (χ1v) is 7.07. The monoisotopic (exact) mass is 291 g/mol. The summed E-state index contributed by atoms with van der Waals surface area (Å²) in [5, 5.41) is 2.71. The highest BCUT2D eigenvalue weighted by Crippen LogP contribution is 2.36. The van der Waals surface area contributed by atoms with Crippen LogP contribution in [0.15, 0.2) is 12.3 Å². The van der Waals surface area contributed by atoms with E-state index >= 15 is 0 Å². The molecule has 1 saturated heterocycles. The minimum atomic E-state index is -0.559. The maximum atomic E-state index is 12.0. The number of nitrogen functional groups attached to an aromatic ring is 1. The average molecular weight is 291 g/mol. The van der Waals surface area contributed by atoms with Gasteiger partial charge in [0.15, 0.2) is 0 Å². The van der Waals surface area contributed by atoms with Crippen molar-refractivity contribution in [3.63, 3.8) is 0 Å². The van der Waals surface area contributed by atoms with E-state index in [1.165, 1.54) is 0 Å². The zero-order valence-corrected chi connectivity index (χ0v) is 13.2. The summed E-state index contributed by atoms with van der Waals surface area (Å²) in [7, 11) is -0.559. The van der Waals surface area contributed by atoms with Crippen molar-refractivity contribution in [1.29, 1.82) is 0 Å². The molecule has 0 aliphatic carbocycles. The van der Waals surface area contributed by atoms with Crippen molar-refractivity contribution in [2.24, 2.45) is 0 Å². The van der Waals surface area contributed by atoms with Gasteiger partial charge in [-0.3, -0.25) is 4.79 Å². The van der Waals surface area contributed by atoms with Crippen LogP contribution in [0, 0.1) is 0 Å². The van der Waals surface area contributed by atoms with Crippen molar-refractivity contribution >= 4 is 24.3 Å². The standard InChI is InChI=1S/C14H22BN3O3/c1-6-17-12(19)10-7-9(8-18-11(10)16)15-20-13(2,3)14(4,5)21-15/h7-8H,6H2,1-5H3,(H2,16,18)(H,17,19). The summed E-state index contributed by atoms with van der Waals surface area (Å²) in [6, 6.07) is 1.68. The lowest BCUT2D eigenvalue weighted by atomic mass is 9.79. The smallest absolute Gasteiger partial charge is 0.399 e. The van der Waals surface area contributed by atoms with Crippen molar-refractivity contribution in [2.75, 3.05) is 12.3 Å². The molecule has 21 heavy (non-hydrogen) atoms. The zero-order valence-electron chi connectivity index (χ0n) is 13.2. The zero-order chi connectivity index (χ0) is 15.8. The minimum Gasteiger partial charge on any atom is -0.399 e. The molecule has 0 unspecified atom stereocenters. The molecule has 6 nitrogen and oxygen atoms in total. The van der Waals surface area contributed by atoms with Crippen LogP contribution in [-0.4, -0.2) is 35.8 Å². The van der Waals surface area contributed by atoms with Crippen molar-refractivity contribution < 1.29 is 14.1 Å². The fourth-order valence-corrected chi connectivity index (χ4v) is 2.04. The highest BCUT2D eigenvalue weighted by molar-refractivity contribution is 6.62. The van der Waals surface area contributed by atoms with Gasteiger partial charge >= 0.3 is 7.12 Å². The topological polar surface area (TPSA) is 86.5 Å². The van der Waals surface area contributed by atoms with Gasteiger partial charge in [-0.25, -0.2) is 4.98 Å². The van der Waals surface area contributed by atoms with Crippen LogP contribution in [0.2, 0.25) is 0 Å². The summed E-state index contributed by atoms with van der Waals surface area (Å²) in [6.45, 7) is 10.3. The molecule has 0 radical (unpaired) electrons. The number of nitrogens with one attached hydrogen (secondary N) is 1. The Balaban J connectivity index is 2.31. The maximum absolute atomic E-state index is 12.0. The van der Waals surface area contributed by atoms with Gasteiger partial charge in [0.05, 0.1) is 16.8 Å². The van der Waals surface area contributed by atoms with E-state index in [2.05, 4.69) is 10.3 Å². The third-order valence-corrected chi connectivity index (χ3v) is 4.05. The number of aromatic nitrogens is 1. The number of hydrogen-bond donors (Lipinski definition) is 2. The number of rotatable bonds is 3. The van der Waals surface area contributed by atoms with E-state index in [0.717, 1.165) is 0 Å². The summed E-state index contributed by atoms with van der Waals surface area (Å²) in [5.41, 5.74) is 5.91. The Morgan fingerprint density at radius 1 is 1.33 bits per heavy atom. The van der Waals surface area contributed by atoms with Crippen LogP contribution in [0.1, 0.15) is 45.0 Å². The number of carbonyl (C=O) groups excluding carboxylic acids is 1. The SMILES string of the molecule is CCNC(=O)c1cc(B2OC(C)(C)C(C)(C)O2)cnc1N. The van der Waals surface area contributed by atoms with Gasteiger partial charge in [-0.05, 0) is 40.7 Å². The molecule has 0 spiro atoms. The van der Waals surface area contributed by atoms with E-state index in [1.807, 2.05) is 34.6 Å². The average Bonchev–Trinajstić information content (AvgIpc) is 2.59. The fourth-order valence-electron chi connectivity index (χ4n) is 2.04. The van der Waals surface area contributed by atoms with Crippen LogP contribution < -0.4 is 16.5 Å². The Morgan fingerprint density at radius 2 is 1.90 bits per heavy atom. The summed E-state index contributed by atoms with van der Waals surface area (Å²) >= 11 is 0. The van der Waals surface area contributed by atoms with Crippen LogP contribution >= 0.6 is 0 Å². The molecule has 1 aromatic heterocycles. The molecule has 114 valence electrons. The Labute approximate surface area is 125 Å². The molecule has 1 aliphatic heterocycles. The lowest BCUT2D eigenvalue weighted by molar-refractivity contribution is 0.00578. The fraction of sp³-hybridized carbons (Fsp3) is 0.571.